The molecule has 3 heterocycles. The average Bonchev–Trinajstić information content (AvgIpc) is 3.48. The molecule has 0 atom stereocenters. The van der Waals surface area contributed by atoms with Gasteiger partial charge in [0.05, 0.1) is 13.3 Å². The highest BCUT2D eigenvalue weighted by Gasteiger charge is 2.21. The van der Waals surface area contributed by atoms with Crippen molar-refractivity contribution in [1.29, 1.82) is 0 Å². The van der Waals surface area contributed by atoms with Gasteiger partial charge in [-0.05, 0) is 12.1 Å². The van der Waals surface area contributed by atoms with E-state index in [-0.39, 0.29) is 23.8 Å². The van der Waals surface area contributed by atoms with Crippen molar-refractivity contribution in [3.8, 4) is 17.1 Å². The first kappa shape index (κ1) is 20.4. The maximum Gasteiger partial charge on any atom is 0.279 e. The Hall–Kier alpha value is -3.86. The number of carbonyl (C=O) groups excluding carboxylic acids is 2. The van der Waals surface area contributed by atoms with Crippen LogP contribution in [-0.2, 0) is 6.54 Å². The Morgan fingerprint density at radius 1 is 1.29 bits per heavy atom. The number of thiazole rings is 1. The second-order valence-electron chi connectivity index (χ2n) is 6.54. The number of carbonyl (C=O) groups is 2. The molecule has 0 saturated carbocycles. The Labute approximate surface area is 180 Å². The number of nitrogens with one attached hydrogen (secondary N) is 1. The molecule has 0 unspecified atom stereocenters. The van der Waals surface area contributed by atoms with Gasteiger partial charge in [-0.25, -0.2) is 9.97 Å². The summed E-state index contributed by atoms with van der Waals surface area (Å²) in [7, 11) is 1.56. The van der Waals surface area contributed by atoms with E-state index in [1.54, 1.807) is 43.7 Å². The zero-order chi connectivity index (χ0) is 22.0. The van der Waals surface area contributed by atoms with Crippen molar-refractivity contribution in [2.45, 2.75) is 20.4 Å². The average molecular weight is 438 g/mol. The van der Waals surface area contributed by atoms with Gasteiger partial charge in [0.25, 0.3) is 5.91 Å². The van der Waals surface area contributed by atoms with Crippen LogP contribution in [0.1, 0.15) is 38.8 Å². The molecule has 4 rings (SSSR count). The number of nitrogens with zero attached hydrogens (tertiary/aromatic N) is 5. The second-order valence-corrected chi connectivity index (χ2v) is 7.48. The Kier molecular flexibility index (Phi) is 5.58. The fraction of sp³-hybridized carbons (Fsp3) is 0.200. The Morgan fingerprint density at radius 2 is 2.13 bits per heavy atom. The number of rotatable bonds is 7. The first-order chi connectivity index (χ1) is 14.9. The normalized spacial score (nSPS) is 10.8. The van der Waals surface area contributed by atoms with Crippen LogP contribution in [-0.4, -0.2) is 43.8 Å². The first-order valence-electron chi connectivity index (χ1n) is 9.21. The smallest absolute Gasteiger partial charge is 0.279 e. The van der Waals surface area contributed by atoms with Gasteiger partial charge >= 0.3 is 0 Å². The number of ether oxygens (including phenoxy) is 1. The lowest BCUT2D eigenvalue weighted by Crippen LogP contribution is -2.14. The van der Waals surface area contributed by atoms with Crippen molar-refractivity contribution >= 4 is 28.8 Å². The molecule has 0 aliphatic carbocycles. The highest BCUT2D eigenvalue weighted by Crippen LogP contribution is 2.28. The van der Waals surface area contributed by atoms with Crippen LogP contribution < -0.4 is 10.1 Å². The molecule has 0 aliphatic rings. The van der Waals surface area contributed by atoms with Gasteiger partial charge in [0.1, 0.15) is 23.0 Å². The number of hydrogen-bond acceptors (Lipinski definition) is 9. The van der Waals surface area contributed by atoms with E-state index in [2.05, 4.69) is 25.5 Å². The molecule has 4 aromatic rings. The van der Waals surface area contributed by atoms with E-state index in [0.29, 0.717) is 33.7 Å². The SMILES string of the molecule is COc1cccc(-c2oc(C)nc2C(=O)Nc2cnn(Cc3nc(C(C)=O)cs3)n2)c1. The van der Waals surface area contributed by atoms with Crippen LogP contribution in [0.2, 0.25) is 0 Å². The molecule has 158 valence electrons. The lowest BCUT2D eigenvalue weighted by atomic mass is 10.1. The number of hydrogen-bond donors (Lipinski definition) is 1. The van der Waals surface area contributed by atoms with Crippen molar-refractivity contribution in [3.63, 3.8) is 0 Å². The molecule has 0 fully saturated rings. The van der Waals surface area contributed by atoms with Gasteiger partial charge in [-0.3, -0.25) is 9.59 Å². The van der Waals surface area contributed by atoms with E-state index in [9.17, 15) is 9.59 Å². The Morgan fingerprint density at radius 3 is 2.87 bits per heavy atom. The standard InChI is InChI=1S/C20H18N6O4S/c1-11(27)15-10-31-17(23-15)9-26-21-8-16(25-26)24-20(28)18-19(30-12(2)22-18)13-5-4-6-14(7-13)29-3/h4-8,10H,9H2,1-3H3,(H,24,25,28). The zero-order valence-electron chi connectivity index (χ0n) is 16.9. The number of methoxy groups -OCH3 is 1. The molecular weight excluding hydrogens is 420 g/mol. The van der Waals surface area contributed by atoms with E-state index in [4.69, 9.17) is 9.15 Å². The zero-order valence-corrected chi connectivity index (χ0v) is 17.8. The van der Waals surface area contributed by atoms with E-state index in [1.165, 1.54) is 29.3 Å². The van der Waals surface area contributed by atoms with Gasteiger partial charge in [-0.2, -0.15) is 9.90 Å². The molecular formula is C20H18N6O4S. The van der Waals surface area contributed by atoms with Crippen molar-refractivity contribution in [2.24, 2.45) is 0 Å². The van der Waals surface area contributed by atoms with Crippen molar-refractivity contribution in [1.82, 2.24) is 25.0 Å². The summed E-state index contributed by atoms with van der Waals surface area (Å²) in [5, 5.41) is 13.4. The molecule has 0 saturated heterocycles. The molecule has 0 aliphatic heterocycles. The van der Waals surface area contributed by atoms with Gasteiger partial charge < -0.3 is 14.5 Å². The third-order valence-corrected chi connectivity index (χ3v) is 5.08. The van der Waals surface area contributed by atoms with Crippen molar-refractivity contribution in [2.75, 3.05) is 12.4 Å². The van der Waals surface area contributed by atoms with Crippen molar-refractivity contribution in [3.05, 3.63) is 58.1 Å². The summed E-state index contributed by atoms with van der Waals surface area (Å²) in [4.78, 5) is 34.0. The molecule has 1 aromatic carbocycles. The van der Waals surface area contributed by atoms with Crippen molar-refractivity contribution < 1.29 is 18.7 Å². The van der Waals surface area contributed by atoms with Crippen LogP contribution >= 0.6 is 11.3 Å². The Balaban J connectivity index is 1.51. The van der Waals surface area contributed by atoms with Crippen LogP contribution in [0.3, 0.4) is 0 Å². The number of anilines is 1. The van der Waals surface area contributed by atoms with Crippen LogP contribution in [0.25, 0.3) is 11.3 Å². The highest BCUT2D eigenvalue weighted by atomic mass is 32.1. The summed E-state index contributed by atoms with van der Waals surface area (Å²) < 4.78 is 10.9. The van der Waals surface area contributed by atoms with E-state index >= 15 is 0 Å². The molecule has 0 spiro atoms. The van der Waals surface area contributed by atoms with E-state index in [0.717, 1.165) is 0 Å². The highest BCUT2D eigenvalue weighted by molar-refractivity contribution is 7.09. The number of aryl methyl sites for hydroxylation is 1. The van der Waals surface area contributed by atoms with E-state index < -0.39 is 5.91 Å². The van der Waals surface area contributed by atoms with Gasteiger partial charge in [0, 0.05) is 24.8 Å². The molecule has 1 amide bonds. The molecule has 0 radical (unpaired) electrons. The lowest BCUT2D eigenvalue weighted by molar-refractivity contribution is 0.100. The summed E-state index contributed by atoms with van der Waals surface area (Å²) in [6, 6.07) is 7.16. The molecule has 11 heteroatoms. The molecule has 3 aromatic heterocycles. The summed E-state index contributed by atoms with van der Waals surface area (Å²) in [6.07, 6.45) is 1.43. The van der Waals surface area contributed by atoms with Gasteiger partial charge in [0.15, 0.2) is 28.9 Å². The molecule has 10 nitrogen and oxygen atoms in total. The van der Waals surface area contributed by atoms with Gasteiger partial charge in [-0.15, -0.1) is 16.4 Å². The minimum Gasteiger partial charge on any atom is -0.497 e. The van der Waals surface area contributed by atoms with Crippen LogP contribution in [0, 0.1) is 6.92 Å². The molecule has 0 bridgehead atoms. The van der Waals surface area contributed by atoms with Gasteiger partial charge in [0.2, 0.25) is 0 Å². The fourth-order valence-corrected chi connectivity index (χ4v) is 3.62. The third-order valence-electron chi connectivity index (χ3n) is 4.25. The topological polar surface area (TPSA) is 125 Å². The maximum atomic E-state index is 12.8. The number of aromatic nitrogens is 5. The van der Waals surface area contributed by atoms with Crippen LogP contribution in [0.5, 0.6) is 5.75 Å². The number of Topliss-reactive ketones (excluding diaryl/α,β-unsaturated/α-hetero) is 1. The largest absolute Gasteiger partial charge is 0.497 e. The molecule has 1 N–H and O–H groups in total. The maximum absolute atomic E-state index is 12.8. The number of benzene rings is 1. The monoisotopic (exact) mass is 438 g/mol. The summed E-state index contributed by atoms with van der Waals surface area (Å²) >= 11 is 1.35. The Bertz CT molecular complexity index is 1260. The number of oxazole rings is 1. The molecule has 31 heavy (non-hydrogen) atoms. The van der Waals surface area contributed by atoms with Gasteiger partial charge in [-0.1, -0.05) is 12.1 Å². The minimum absolute atomic E-state index is 0.0985. The predicted molar refractivity (Wildman–Crippen MR) is 112 cm³/mol. The van der Waals surface area contributed by atoms with Crippen LogP contribution in [0.4, 0.5) is 5.82 Å². The quantitative estimate of drug-likeness (QED) is 0.436. The van der Waals surface area contributed by atoms with E-state index in [1.807, 2.05) is 0 Å². The summed E-state index contributed by atoms with van der Waals surface area (Å²) in [6.45, 7) is 3.41. The number of amides is 1. The lowest BCUT2D eigenvalue weighted by Gasteiger charge is -2.04. The fourth-order valence-electron chi connectivity index (χ4n) is 2.81. The van der Waals surface area contributed by atoms with Crippen LogP contribution in [0.15, 0.2) is 40.3 Å². The second kappa shape index (κ2) is 8.48. The number of ketones is 1. The predicted octanol–water partition coefficient (Wildman–Crippen LogP) is 3.21. The third kappa shape index (κ3) is 4.51. The summed E-state index contributed by atoms with van der Waals surface area (Å²) in [5.41, 5.74) is 1.21. The first-order valence-corrected chi connectivity index (χ1v) is 10.1. The minimum atomic E-state index is -0.477. The summed E-state index contributed by atoms with van der Waals surface area (Å²) in [5.74, 6) is 1.01.